The zero-order chi connectivity index (χ0) is 21.6. The van der Waals surface area contributed by atoms with Gasteiger partial charge in [-0.25, -0.2) is 0 Å². The van der Waals surface area contributed by atoms with Gasteiger partial charge in [0, 0.05) is 34.0 Å². The first-order valence-electron chi connectivity index (χ1n) is 9.99. The number of ether oxygens (including phenoxy) is 2. The first-order valence-corrected chi connectivity index (χ1v) is 10.8. The van der Waals surface area contributed by atoms with E-state index < -0.39 is 0 Å². The molecule has 6 heteroatoms. The molecule has 158 valence electrons. The van der Waals surface area contributed by atoms with Gasteiger partial charge in [-0.2, -0.15) is 0 Å². The smallest absolute Gasteiger partial charge is 0.257 e. The van der Waals surface area contributed by atoms with Gasteiger partial charge >= 0.3 is 0 Å². The Bertz CT molecular complexity index is 1150. The summed E-state index contributed by atoms with van der Waals surface area (Å²) in [6.07, 6.45) is 2.02. The van der Waals surface area contributed by atoms with E-state index >= 15 is 0 Å². The third-order valence-electron chi connectivity index (χ3n) is 5.20. The van der Waals surface area contributed by atoms with Gasteiger partial charge in [0.05, 0.1) is 7.11 Å². The fourth-order valence-corrected chi connectivity index (χ4v) is 3.84. The second-order valence-electron chi connectivity index (χ2n) is 7.16. The number of halogens is 1. The third kappa shape index (κ3) is 5.09. The van der Waals surface area contributed by atoms with E-state index in [9.17, 15) is 4.79 Å². The lowest BCUT2D eigenvalue weighted by Gasteiger charge is -2.19. The van der Waals surface area contributed by atoms with E-state index in [0.29, 0.717) is 12.3 Å². The summed E-state index contributed by atoms with van der Waals surface area (Å²) < 4.78 is 11.9. The molecule has 31 heavy (non-hydrogen) atoms. The molecule has 4 aromatic rings. The summed E-state index contributed by atoms with van der Waals surface area (Å²) in [7, 11) is 1.65. The van der Waals surface area contributed by atoms with Gasteiger partial charge < -0.3 is 19.8 Å². The first-order chi connectivity index (χ1) is 15.1. The second kappa shape index (κ2) is 9.71. The summed E-state index contributed by atoms with van der Waals surface area (Å²) in [6, 6.07) is 23.5. The van der Waals surface area contributed by atoms with Gasteiger partial charge in [0.2, 0.25) is 0 Å². The lowest BCUT2D eigenvalue weighted by atomic mass is 9.91. The summed E-state index contributed by atoms with van der Waals surface area (Å²) in [6.45, 7) is 0.418. The topological polar surface area (TPSA) is 63.4 Å². The van der Waals surface area contributed by atoms with Crippen LogP contribution in [0, 0.1) is 0 Å². The Morgan fingerprint density at radius 1 is 1.00 bits per heavy atom. The molecule has 0 aliphatic carbocycles. The van der Waals surface area contributed by atoms with Crippen LogP contribution in [0.3, 0.4) is 0 Å². The molecule has 0 unspecified atom stereocenters. The van der Waals surface area contributed by atoms with Crippen molar-refractivity contribution in [3.05, 3.63) is 94.6 Å². The number of methoxy groups -OCH3 is 1. The van der Waals surface area contributed by atoms with Crippen LogP contribution >= 0.6 is 15.9 Å². The van der Waals surface area contributed by atoms with E-state index in [1.165, 1.54) is 0 Å². The van der Waals surface area contributed by atoms with Crippen molar-refractivity contribution in [3.8, 4) is 11.5 Å². The van der Waals surface area contributed by atoms with Crippen LogP contribution in [0.5, 0.6) is 11.5 Å². The molecule has 5 nitrogen and oxygen atoms in total. The fraction of sp³-hybridized carbons (Fsp3) is 0.160. The molecule has 3 aromatic carbocycles. The minimum atomic E-state index is -0.165. The van der Waals surface area contributed by atoms with Gasteiger partial charge in [0.25, 0.3) is 5.91 Å². The van der Waals surface area contributed by atoms with E-state index in [1.807, 2.05) is 66.9 Å². The number of para-hydroxylation sites is 1. The van der Waals surface area contributed by atoms with Crippen molar-refractivity contribution in [2.75, 3.05) is 20.3 Å². The zero-order valence-electron chi connectivity index (χ0n) is 17.1. The molecule has 0 aliphatic rings. The van der Waals surface area contributed by atoms with Crippen LogP contribution in [0.25, 0.3) is 10.9 Å². The van der Waals surface area contributed by atoms with E-state index in [-0.39, 0.29) is 18.4 Å². The molecule has 0 radical (unpaired) electrons. The molecule has 1 heterocycles. The van der Waals surface area contributed by atoms with E-state index in [0.717, 1.165) is 32.3 Å². The van der Waals surface area contributed by atoms with Gasteiger partial charge in [0.15, 0.2) is 6.61 Å². The third-order valence-corrected chi connectivity index (χ3v) is 5.73. The van der Waals surface area contributed by atoms with E-state index in [4.69, 9.17) is 9.47 Å². The summed E-state index contributed by atoms with van der Waals surface area (Å²) in [5.41, 5.74) is 3.30. The first kappa shape index (κ1) is 21.0. The number of H-pyrrole nitrogens is 1. The van der Waals surface area contributed by atoms with Crippen LogP contribution in [-0.4, -0.2) is 31.2 Å². The number of fused-ring (bicyclic) bond motifs is 1. The predicted octanol–water partition coefficient (Wildman–Crippen LogP) is 5.27. The van der Waals surface area contributed by atoms with Crippen molar-refractivity contribution in [1.29, 1.82) is 0 Å². The summed E-state index contributed by atoms with van der Waals surface area (Å²) in [5, 5.41) is 4.17. The van der Waals surface area contributed by atoms with Crippen molar-refractivity contribution in [2.24, 2.45) is 0 Å². The lowest BCUT2D eigenvalue weighted by molar-refractivity contribution is -0.123. The number of carbonyl (C=O) groups excluding carboxylic acids is 1. The van der Waals surface area contributed by atoms with Gasteiger partial charge in [-0.3, -0.25) is 4.79 Å². The Morgan fingerprint density at radius 2 is 1.71 bits per heavy atom. The molecule has 4 rings (SSSR count). The van der Waals surface area contributed by atoms with Crippen molar-refractivity contribution in [2.45, 2.75) is 5.92 Å². The minimum Gasteiger partial charge on any atom is -0.497 e. The standard InChI is InChI=1S/C25H23BrN2O3/c1-30-19-10-6-17(7-11-19)22(23-15-27-24-5-3-2-4-21(23)24)14-28-25(29)16-31-20-12-8-18(26)9-13-20/h2-13,15,22,27H,14,16H2,1H3,(H,28,29)/t22-/m0/s1. The highest BCUT2D eigenvalue weighted by atomic mass is 79.9. The highest BCUT2D eigenvalue weighted by Gasteiger charge is 2.19. The van der Waals surface area contributed by atoms with Crippen LogP contribution in [0.2, 0.25) is 0 Å². The van der Waals surface area contributed by atoms with Crippen LogP contribution in [-0.2, 0) is 4.79 Å². The maximum atomic E-state index is 12.5. The zero-order valence-corrected chi connectivity index (χ0v) is 18.7. The molecule has 0 saturated carbocycles. The maximum Gasteiger partial charge on any atom is 0.257 e. The van der Waals surface area contributed by atoms with Gasteiger partial charge in [-0.05, 0) is 53.6 Å². The van der Waals surface area contributed by atoms with Crippen LogP contribution in [0.15, 0.2) is 83.5 Å². The summed E-state index contributed by atoms with van der Waals surface area (Å²) >= 11 is 3.39. The highest BCUT2D eigenvalue weighted by Crippen LogP contribution is 2.31. The minimum absolute atomic E-state index is 0.0151. The average molecular weight is 479 g/mol. The monoisotopic (exact) mass is 478 g/mol. The van der Waals surface area contributed by atoms with Gasteiger partial charge in [-0.15, -0.1) is 0 Å². The molecule has 1 amide bonds. The Morgan fingerprint density at radius 3 is 2.45 bits per heavy atom. The highest BCUT2D eigenvalue weighted by molar-refractivity contribution is 9.10. The molecule has 0 spiro atoms. The number of amides is 1. The normalized spacial score (nSPS) is 11.8. The second-order valence-corrected chi connectivity index (χ2v) is 8.08. The number of hydrogen-bond donors (Lipinski definition) is 2. The molecule has 1 aromatic heterocycles. The molecular weight excluding hydrogens is 456 g/mol. The number of aromatic amines is 1. The number of hydrogen-bond acceptors (Lipinski definition) is 3. The van der Waals surface area contributed by atoms with Crippen molar-refractivity contribution in [1.82, 2.24) is 10.3 Å². The average Bonchev–Trinajstić information content (AvgIpc) is 3.23. The summed E-state index contributed by atoms with van der Waals surface area (Å²) in [5.74, 6) is 1.27. The largest absolute Gasteiger partial charge is 0.497 e. The Balaban J connectivity index is 1.50. The summed E-state index contributed by atoms with van der Waals surface area (Å²) in [4.78, 5) is 15.8. The van der Waals surface area contributed by atoms with Gasteiger partial charge in [0.1, 0.15) is 11.5 Å². The fourth-order valence-electron chi connectivity index (χ4n) is 3.57. The molecule has 0 aliphatic heterocycles. The molecule has 0 bridgehead atoms. The van der Waals surface area contributed by atoms with Crippen LogP contribution < -0.4 is 14.8 Å². The van der Waals surface area contributed by atoms with Crippen molar-refractivity contribution < 1.29 is 14.3 Å². The van der Waals surface area contributed by atoms with Gasteiger partial charge in [-0.1, -0.05) is 46.3 Å². The Labute approximate surface area is 189 Å². The van der Waals surface area contributed by atoms with Crippen LogP contribution in [0.1, 0.15) is 17.0 Å². The molecular formula is C25H23BrN2O3. The molecule has 1 atom stereocenters. The molecule has 2 N–H and O–H groups in total. The quantitative estimate of drug-likeness (QED) is 0.362. The predicted molar refractivity (Wildman–Crippen MR) is 126 cm³/mol. The van der Waals surface area contributed by atoms with Crippen LogP contribution in [0.4, 0.5) is 0 Å². The molecule has 0 saturated heterocycles. The van der Waals surface area contributed by atoms with Crippen molar-refractivity contribution in [3.63, 3.8) is 0 Å². The Hall–Kier alpha value is -3.25. The number of benzene rings is 3. The lowest BCUT2D eigenvalue weighted by Crippen LogP contribution is -2.32. The number of carbonyl (C=O) groups is 1. The van der Waals surface area contributed by atoms with E-state index in [1.54, 1.807) is 7.11 Å². The number of aromatic nitrogens is 1. The van der Waals surface area contributed by atoms with E-state index in [2.05, 4.69) is 38.4 Å². The number of nitrogens with one attached hydrogen (secondary N) is 2. The molecule has 0 fully saturated rings. The SMILES string of the molecule is COc1ccc([C@H](CNC(=O)COc2ccc(Br)cc2)c2c[nH]c3ccccc23)cc1. The maximum absolute atomic E-state index is 12.5. The number of rotatable bonds is 8. The van der Waals surface area contributed by atoms with Crippen molar-refractivity contribution >= 4 is 32.7 Å². The Kier molecular flexibility index (Phi) is 6.57.